The summed E-state index contributed by atoms with van der Waals surface area (Å²) in [7, 11) is 2.20. The molecular weight excluding hydrogens is 250 g/mol. The van der Waals surface area contributed by atoms with Gasteiger partial charge in [0.25, 0.3) is 0 Å². The molecule has 5 heteroatoms. The fraction of sp³-hybridized carbons (Fsp3) is 0.667. The van der Waals surface area contributed by atoms with Gasteiger partial charge in [-0.3, -0.25) is 5.43 Å². The van der Waals surface area contributed by atoms with Gasteiger partial charge in [-0.1, -0.05) is 6.07 Å². The van der Waals surface area contributed by atoms with Crippen LogP contribution < -0.4 is 10.3 Å². The van der Waals surface area contributed by atoms with Crippen LogP contribution in [0.4, 0.5) is 5.82 Å². The highest BCUT2D eigenvalue weighted by molar-refractivity contribution is 5.38. The molecule has 0 saturated carbocycles. The maximum atomic E-state index is 4.44. The van der Waals surface area contributed by atoms with Crippen molar-refractivity contribution in [3.05, 3.63) is 24.4 Å². The van der Waals surface area contributed by atoms with Gasteiger partial charge >= 0.3 is 0 Å². The second kappa shape index (κ2) is 6.52. The molecule has 0 radical (unpaired) electrons. The van der Waals surface area contributed by atoms with E-state index < -0.39 is 0 Å². The Morgan fingerprint density at radius 2 is 1.80 bits per heavy atom. The zero-order valence-electron chi connectivity index (χ0n) is 12.3. The Morgan fingerprint density at radius 1 is 1.05 bits per heavy atom. The SMILES string of the molecule is CN1CCN(NC2CCN(c3ccccn3)CC2)CC1. The lowest BCUT2D eigenvalue weighted by atomic mass is 10.1. The molecule has 0 spiro atoms. The third-order valence-corrected chi connectivity index (χ3v) is 4.34. The highest BCUT2D eigenvalue weighted by atomic mass is 15.5. The Morgan fingerprint density at radius 3 is 2.45 bits per heavy atom. The average molecular weight is 275 g/mol. The van der Waals surface area contributed by atoms with E-state index in [1.165, 1.54) is 25.9 Å². The minimum atomic E-state index is 0.623. The summed E-state index contributed by atoms with van der Waals surface area (Å²) in [6.45, 7) is 6.80. The second-order valence-electron chi connectivity index (χ2n) is 5.87. The van der Waals surface area contributed by atoms with Gasteiger partial charge in [0, 0.05) is 51.5 Å². The largest absolute Gasteiger partial charge is 0.357 e. The third-order valence-electron chi connectivity index (χ3n) is 4.34. The molecule has 0 atom stereocenters. The maximum absolute atomic E-state index is 4.44. The lowest BCUT2D eigenvalue weighted by Crippen LogP contribution is -2.55. The standard InChI is InChI=1S/C15H25N5/c1-18-10-12-20(13-11-18)17-14-5-8-19(9-6-14)15-4-2-3-7-16-15/h2-4,7,14,17H,5-6,8-13H2,1H3. The molecule has 1 N–H and O–H groups in total. The number of anilines is 1. The average Bonchev–Trinajstić information content (AvgIpc) is 2.51. The normalized spacial score (nSPS) is 23.1. The summed E-state index contributed by atoms with van der Waals surface area (Å²) in [6, 6.07) is 6.77. The first kappa shape index (κ1) is 13.8. The molecule has 3 rings (SSSR count). The van der Waals surface area contributed by atoms with Crippen molar-refractivity contribution < 1.29 is 0 Å². The number of aromatic nitrogens is 1. The fourth-order valence-electron chi connectivity index (χ4n) is 2.97. The highest BCUT2D eigenvalue weighted by Crippen LogP contribution is 2.17. The predicted molar refractivity (Wildman–Crippen MR) is 81.7 cm³/mol. The molecule has 0 bridgehead atoms. The van der Waals surface area contributed by atoms with Gasteiger partial charge in [-0.15, -0.1) is 0 Å². The molecule has 2 saturated heterocycles. The van der Waals surface area contributed by atoms with Gasteiger partial charge in [-0.2, -0.15) is 0 Å². The number of piperidine rings is 1. The minimum Gasteiger partial charge on any atom is -0.357 e. The van der Waals surface area contributed by atoms with Gasteiger partial charge in [0.2, 0.25) is 0 Å². The molecule has 110 valence electrons. The van der Waals surface area contributed by atoms with E-state index in [1.54, 1.807) is 0 Å². The Labute approximate surface area is 121 Å². The Kier molecular flexibility index (Phi) is 4.50. The number of hydrogen-bond donors (Lipinski definition) is 1. The summed E-state index contributed by atoms with van der Waals surface area (Å²) in [6.07, 6.45) is 4.27. The van der Waals surface area contributed by atoms with E-state index in [9.17, 15) is 0 Å². The zero-order chi connectivity index (χ0) is 13.8. The highest BCUT2D eigenvalue weighted by Gasteiger charge is 2.22. The van der Waals surface area contributed by atoms with Crippen LogP contribution in [-0.2, 0) is 0 Å². The van der Waals surface area contributed by atoms with E-state index in [2.05, 4.69) is 44.4 Å². The van der Waals surface area contributed by atoms with Crippen molar-refractivity contribution in [1.82, 2.24) is 20.3 Å². The van der Waals surface area contributed by atoms with Crippen LogP contribution in [0.15, 0.2) is 24.4 Å². The first-order chi connectivity index (χ1) is 9.81. The van der Waals surface area contributed by atoms with Crippen LogP contribution in [-0.4, -0.2) is 67.3 Å². The van der Waals surface area contributed by atoms with E-state index in [0.29, 0.717) is 6.04 Å². The van der Waals surface area contributed by atoms with Crippen molar-refractivity contribution in [2.45, 2.75) is 18.9 Å². The van der Waals surface area contributed by atoms with Crippen LogP contribution in [0.1, 0.15) is 12.8 Å². The minimum absolute atomic E-state index is 0.623. The summed E-state index contributed by atoms with van der Waals surface area (Å²) in [5.74, 6) is 1.12. The van der Waals surface area contributed by atoms with Crippen LogP contribution in [0.25, 0.3) is 0 Å². The number of nitrogens with zero attached hydrogens (tertiary/aromatic N) is 4. The molecule has 2 aliphatic heterocycles. The van der Waals surface area contributed by atoms with Crippen LogP contribution in [0.3, 0.4) is 0 Å². The molecule has 5 nitrogen and oxygen atoms in total. The predicted octanol–water partition coefficient (Wildman–Crippen LogP) is 0.802. The topological polar surface area (TPSA) is 34.6 Å². The Bertz CT molecular complexity index is 394. The van der Waals surface area contributed by atoms with Crippen molar-refractivity contribution in [2.24, 2.45) is 0 Å². The summed E-state index contributed by atoms with van der Waals surface area (Å²) < 4.78 is 0. The Balaban J connectivity index is 1.44. The van der Waals surface area contributed by atoms with E-state index in [1.807, 2.05) is 12.3 Å². The van der Waals surface area contributed by atoms with E-state index >= 15 is 0 Å². The van der Waals surface area contributed by atoms with Gasteiger partial charge in [-0.25, -0.2) is 9.99 Å². The van der Waals surface area contributed by atoms with E-state index in [0.717, 1.165) is 32.0 Å². The fourth-order valence-corrected chi connectivity index (χ4v) is 2.97. The van der Waals surface area contributed by atoms with Gasteiger partial charge in [0.05, 0.1) is 0 Å². The molecule has 0 unspecified atom stereocenters. The molecule has 0 aliphatic carbocycles. The number of hydrazine groups is 1. The second-order valence-corrected chi connectivity index (χ2v) is 5.87. The van der Waals surface area contributed by atoms with Gasteiger partial charge in [-0.05, 0) is 32.0 Å². The first-order valence-corrected chi connectivity index (χ1v) is 7.67. The van der Waals surface area contributed by atoms with Gasteiger partial charge < -0.3 is 9.80 Å². The van der Waals surface area contributed by atoms with Crippen LogP contribution >= 0.6 is 0 Å². The number of hydrogen-bond acceptors (Lipinski definition) is 5. The quantitative estimate of drug-likeness (QED) is 0.883. The lowest BCUT2D eigenvalue weighted by Gasteiger charge is -2.39. The van der Waals surface area contributed by atoms with Crippen LogP contribution in [0, 0.1) is 0 Å². The Hall–Kier alpha value is -1.17. The molecule has 0 amide bonds. The molecule has 20 heavy (non-hydrogen) atoms. The molecular formula is C15H25N5. The number of pyridine rings is 1. The van der Waals surface area contributed by atoms with Crippen LogP contribution in [0.2, 0.25) is 0 Å². The number of rotatable bonds is 3. The molecule has 0 aromatic carbocycles. The smallest absolute Gasteiger partial charge is 0.128 e. The van der Waals surface area contributed by atoms with Crippen molar-refractivity contribution in [3.8, 4) is 0 Å². The maximum Gasteiger partial charge on any atom is 0.128 e. The van der Waals surface area contributed by atoms with Crippen LogP contribution in [0.5, 0.6) is 0 Å². The van der Waals surface area contributed by atoms with E-state index in [-0.39, 0.29) is 0 Å². The zero-order valence-corrected chi connectivity index (χ0v) is 12.3. The van der Waals surface area contributed by atoms with Gasteiger partial charge in [0.15, 0.2) is 0 Å². The molecule has 2 fully saturated rings. The first-order valence-electron chi connectivity index (χ1n) is 7.67. The molecule has 1 aromatic rings. The number of piperazine rings is 1. The number of nitrogens with one attached hydrogen (secondary N) is 1. The van der Waals surface area contributed by atoms with Gasteiger partial charge in [0.1, 0.15) is 5.82 Å². The summed E-state index contributed by atoms with van der Waals surface area (Å²) in [5.41, 5.74) is 3.71. The van der Waals surface area contributed by atoms with Crippen molar-refractivity contribution >= 4 is 5.82 Å². The summed E-state index contributed by atoms with van der Waals surface area (Å²) in [5, 5.41) is 2.40. The monoisotopic (exact) mass is 275 g/mol. The summed E-state index contributed by atoms with van der Waals surface area (Å²) >= 11 is 0. The summed E-state index contributed by atoms with van der Waals surface area (Å²) in [4.78, 5) is 9.22. The van der Waals surface area contributed by atoms with Crippen molar-refractivity contribution in [1.29, 1.82) is 0 Å². The van der Waals surface area contributed by atoms with Crippen molar-refractivity contribution in [3.63, 3.8) is 0 Å². The van der Waals surface area contributed by atoms with E-state index in [4.69, 9.17) is 0 Å². The molecule has 3 heterocycles. The lowest BCUT2D eigenvalue weighted by molar-refractivity contribution is 0.0812. The van der Waals surface area contributed by atoms with Crippen molar-refractivity contribution in [2.75, 3.05) is 51.2 Å². The third kappa shape index (κ3) is 3.48. The molecule has 2 aliphatic rings. The number of likely N-dealkylation sites (N-methyl/N-ethyl adjacent to an activating group) is 1. The molecule has 1 aromatic heterocycles.